The molecule has 100 valence electrons. The Balaban J connectivity index is 4.70. The highest BCUT2D eigenvalue weighted by molar-refractivity contribution is 5.80. The van der Waals surface area contributed by atoms with Crippen molar-refractivity contribution in [2.75, 3.05) is 32.8 Å². The zero-order chi connectivity index (χ0) is 13.4. The zero-order valence-electron chi connectivity index (χ0n) is 10.2. The van der Waals surface area contributed by atoms with Crippen LogP contribution in [0.15, 0.2) is 0 Å². The van der Waals surface area contributed by atoms with Gasteiger partial charge in [0.05, 0.1) is 13.2 Å². The smallest absolute Gasteiger partial charge is 0.323 e. The molecular weight excluding hydrogens is 228 g/mol. The van der Waals surface area contributed by atoms with E-state index in [1.807, 2.05) is 0 Å². The van der Waals surface area contributed by atoms with Crippen molar-refractivity contribution >= 4 is 12.0 Å². The molecule has 0 fully saturated rings. The molecule has 3 N–H and O–H groups in total. The summed E-state index contributed by atoms with van der Waals surface area (Å²) in [7, 11) is 0. The van der Waals surface area contributed by atoms with Gasteiger partial charge in [-0.05, 0) is 13.8 Å². The van der Waals surface area contributed by atoms with Crippen molar-refractivity contribution in [2.45, 2.75) is 19.9 Å². The van der Waals surface area contributed by atoms with Crippen molar-refractivity contribution < 1.29 is 24.9 Å². The van der Waals surface area contributed by atoms with Crippen LogP contribution in [-0.4, -0.2) is 76.0 Å². The van der Waals surface area contributed by atoms with Crippen LogP contribution >= 0.6 is 0 Å². The van der Waals surface area contributed by atoms with Crippen molar-refractivity contribution in [3.05, 3.63) is 0 Å². The summed E-state index contributed by atoms with van der Waals surface area (Å²) in [5.41, 5.74) is 0. The molecule has 0 aliphatic carbocycles. The minimum atomic E-state index is -1.10. The number of carboxylic acid groups (broad SMARTS) is 1. The zero-order valence-corrected chi connectivity index (χ0v) is 10.2. The molecule has 0 aromatic heterocycles. The fraction of sp³-hybridized carbons (Fsp3) is 0.800. The van der Waals surface area contributed by atoms with E-state index in [-0.39, 0.29) is 32.3 Å². The molecule has 0 spiro atoms. The minimum absolute atomic E-state index is 0.0717. The maximum Gasteiger partial charge on any atom is 0.323 e. The van der Waals surface area contributed by atoms with Gasteiger partial charge < -0.3 is 25.1 Å². The molecule has 0 heterocycles. The number of aliphatic hydroxyl groups excluding tert-OH is 2. The van der Waals surface area contributed by atoms with Gasteiger partial charge in [-0.3, -0.25) is 4.79 Å². The number of hydrogen-bond donors (Lipinski definition) is 3. The highest BCUT2D eigenvalue weighted by Gasteiger charge is 2.24. The predicted octanol–water partition coefficient (Wildman–Crippen LogP) is -0.812. The van der Waals surface area contributed by atoms with E-state index in [1.54, 1.807) is 13.8 Å². The van der Waals surface area contributed by atoms with Gasteiger partial charge in [-0.2, -0.15) is 0 Å². The molecule has 7 heteroatoms. The lowest BCUT2D eigenvalue weighted by Crippen LogP contribution is -2.50. The molecule has 17 heavy (non-hydrogen) atoms. The van der Waals surface area contributed by atoms with Gasteiger partial charge in [0.25, 0.3) is 0 Å². The molecule has 0 unspecified atom stereocenters. The summed E-state index contributed by atoms with van der Waals surface area (Å²) in [6, 6.07) is -0.760. The van der Waals surface area contributed by atoms with Gasteiger partial charge >= 0.3 is 12.0 Å². The van der Waals surface area contributed by atoms with Crippen molar-refractivity contribution in [3.8, 4) is 0 Å². The van der Waals surface area contributed by atoms with Gasteiger partial charge in [-0.15, -0.1) is 0 Å². The normalized spacial score (nSPS) is 10.4. The predicted molar refractivity (Wildman–Crippen MR) is 60.6 cm³/mol. The maximum absolute atomic E-state index is 12.0. The van der Waals surface area contributed by atoms with Crippen molar-refractivity contribution in [2.24, 2.45) is 0 Å². The Bertz CT molecular complexity index is 251. The number of hydrogen-bond acceptors (Lipinski definition) is 4. The number of amides is 2. The van der Waals surface area contributed by atoms with Gasteiger partial charge in [0.1, 0.15) is 6.54 Å². The van der Waals surface area contributed by atoms with Crippen LogP contribution in [0, 0.1) is 0 Å². The fourth-order valence-corrected chi connectivity index (χ4v) is 1.34. The molecule has 2 amide bonds. The fourth-order valence-electron chi connectivity index (χ4n) is 1.34. The summed E-state index contributed by atoms with van der Waals surface area (Å²) in [5.74, 6) is -1.10. The van der Waals surface area contributed by atoms with E-state index in [9.17, 15) is 9.59 Å². The van der Waals surface area contributed by atoms with Gasteiger partial charge in [-0.25, -0.2) is 4.79 Å². The second-order valence-corrected chi connectivity index (χ2v) is 3.83. The Hall–Kier alpha value is -1.34. The molecule has 0 aromatic carbocycles. The van der Waals surface area contributed by atoms with Crippen LogP contribution in [0.3, 0.4) is 0 Å². The average molecular weight is 248 g/mol. The van der Waals surface area contributed by atoms with Crippen LogP contribution in [0.4, 0.5) is 4.79 Å². The summed E-state index contributed by atoms with van der Waals surface area (Å²) in [5, 5.41) is 26.3. The third kappa shape index (κ3) is 5.50. The Morgan fingerprint density at radius 1 is 1.12 bits per heavy atom. The number of nitrogens with zero attached hydrogens (tertiary/aromatic N) is 2. The minimum Gasteiger partial charge on any atom is -0.480 e. The maximum atomic E-state index is 12.0. The van der Waals surface area contributed by atoms with Crippen LogP contribution < -0.4 is 0 Å². The number of rotatable bonds is 7. The van der Waals surface area contributed by atoms with E-state index >= 15 is 0 Å². The largest absolute Gasteiger partial charge is 0.480 e. The number of carbonyl (C=O) groups is 2. The van der Waals surface area contributed by atoms with E-state index in [4.69, 9.17) is 15.3 Å². The van der Waals surface area contributed by atoms with E-state index in [1.165, 1.54) is 9.80 Å². The quantitative estimate of drug-likeness (QED) is 0.547. The molecule has 0 aliphatic heterocycles. The molecule has 7 nitrogen and oxygen atoms in total. The van der Waals surface area contributed by atoms with Crippen molar-refractivity contribution in [3.63, 3.8) is 0 Å². The first kappa shape index (κ1) is 15.7. The van der Waals surface area contributed by atoms with Crippen LogP contribution in [0.5, 0.6) is 0 Å². The standard InChI is InChI=1S/C10H20N2O5/c1-8(2)12(7-9(15)16)10(17)11(3-5-13)4-6-14/h8,13-14H,3-7H2,1-2H3,(H,15,16). The summed E-state index contributed by atoms with van der Waals surface area (Å²) < 4.78 is 0. The molecule has 0 rings (SSSR count). The monoisotopic (exact) mass is 248 g/mol. The first-order valence-corrected chi connectivity index (χ1v) is 5.43. The molecular formula is C10H20N2O5. The van der Waals surface area contributed by atoms with Gasteiger partial charge in [0.15, 0.2) is 0 Å². The molecule has 0 aromatic rings. The van der Waals surface area contributed by atoms with Crippen LogP contribution in [-0.2, 0) is 4.79 Å². The van der Waals surface area contributed by atoms with Crippen LogP contribution in [0.2, 0.25) is 0 Å². The third-order valence-corrected chi connectivity index (χ3v) is 2.19. The van der Waals surface area contributed by atoms with Crippen LogP contribution in [0.1, 0.15) is 13.8 Å². The number of carbonyl (C=O) groups excluding carboxylic acids is 1. The van der Waals surface area contributed by atoms with E-state index < -0.39 is 18.5 Å². The Kier molecular flexibility index (Phi) is 7.24. The van der Waals surface area contributed by atoms with Crippen molar-refractivity contribution in [1.82, 2.24) is 9.80 Å². The average Bonchev–Trinajstić information content (AvgIpc) is 2.24. The van der Waals surface area contributed by atoms with Gasteiger partial charge in [0, 0.05) is 19.1 Å². The number of aliphatic carboxylic acids is 1. The Morgan fingerprint density at radius 2 is 1.59 bits per heavy atom. The highest BCUT2D eigenvalue weighted by atomic mass is 16.4. The second kappa shape index (κ2) is 7.86. The number of urea groups is 1. The lowest BCUT2D eigenvalue weighted by atomic mass is 10.3. The topological polar surface area (TPSA) is 101 Å². The lowest BCUT2D eigenvalue weighted by molar-refractivity contribution is -0.138. The summed E-state index contributed by atoms with van der Waals surface area (Å²) >= 11 is 0. The number of aliphatic hydroxyl groups is 2. The second-order valence-electron chi connectivity index (χ2n) is 3.83. The SMILES string of the molecule is CC(C)N(CC(=O)O)C(=O)N(CCO)CCO. The van der Waals surface area contributed by atoms with Crippen molar-refractivity contribution in [1.29, 1.82) is 0 Å². The van der Waals surface area contributed by atoms with E-state index in [0.717, 1.165) is 0 Å². The van der Waals surface area contributed by atoms with E-state index in [0.29, 0.717) is 0 Å². The molecule has 0 bridgehead atoms. The highest BCUT2D eigenvalue weighted by Crippen LogP contribution is 2.04. The Labute approximate surface area is 100 Å². The van der Waals surface area contributed by atoms with Crippen LogP contribution in [0.25, 0.3) is 0 Å². The van der Waals surface area contributed by atoms with Gasteiger partial charge in [-0.1, -0.05) is 0 Å². The molecule has 0 atom stereocenters. The summed E-state index contributed by atoms with van der Waals surface area (Å²) in [6.07, 6.45) is 0. The van der Waals surface area contributed by atoms with E-state index in [2.05, 4.69) is 0 Å². The summed E-state index contributed by atoms with van der Waals surface area (Å²) in [4.78, 5) is 25.0. The molecule has 0 aliphatic rings. The lowest BCUT2D eigenvalue weighted by Gasteiger charge is -2.31. The molecule has 0 saturated carbocycles. The third-order valence-electron chi connectivity index (χ3n) is 2.19. The molecule has 0 saturated heterocycles. The number of carboxylic acids is 1. The van der Waals surface area contributed by atoms with Gasteiger partial charge in [0.2, 0.25) is 0 Å². The first-order valence-electron chi connectivity index (χ1n) is 5.43. The summed E-state index contributed by atoms with van der Waals surface area (Å²) in [6.45, 7) is 2.69. The molecule has 0 radical (unpaired) electrons. The Morgan fingerprint density at radius 3 is 1.88 bits per heavy atom. The first-order chi connectivity index (χ1) is 7.93.